The van der Waals surface area contributed by atoms with Gasteiger partial charge in [0, 0.05) is 11.8 Å². The van der Waals surface area contributed by atoms with Crippen molar-refractivity contribution in [1.82, 2.24) is 4.98 Å². The molecule has 2 rings (SSSR count). The lowest BCUT2D eigenvalue weighted by Crippen LogP contribution is -2.05. The van der Waals surface area contributed by atoms with Gasteiger partial charge in [-0.1, -0.05) is 53.0 Å². The van der Waals surface area contributed by atoms with Crippen LogP contribution in [-0.2, 0) is 0 Å². The summed E-state index contributed by atoms with van der Waals surface area (Å²) in [5.41, 5.74) is 3.08. The average molecular weight is 401 g/mol. The number of carbonyl (C=O) groups is 1. The topological polar surface area (TPSA) is 83.8 Å². The van der Waals surface area contributed by atoms with Gasteiger partial charge in [0.05, 0.1) is 12.8 Å². The Labute approximate surface area is 158 Å². The van der Waals surface area contributed by atoms with Crippen molar-refractivity contribution >= 4 is 58.8 Å². The monoisotopic (exact) mass is 399 g/mol. The molecular weight excluding hydrogens is 389 g/mol. The van der Waals surface area contributed by atoms with Crippen LogP contribution in [0, 0.1) is 0 Å². The van der Waals surface area contributed by atoms with Gasteiger partial charge in [0.1, 0.15) is 15.8 Å². The van der Waals surface area contributed by atoms with Crippen molar-refractivity contribution in [2.24, 2.45) is 5.10 Å². The third kappa shape index (κ3) is 4.63. The zero-order chi connectivity index (χ0) is 18.4. The molecule has 9 heteroatoms. The molecule has 0 unspecified atom stereocenters. The molecule has 0 saturated heterocycles. The summed E-state index contributed by atoms with van der Waals surface area (Å²) in [4.78, 5) is 14.7. The molecule has 2 N–H and O–H groups in total. The molecule has 0 aliphatic carbocycles. The van der Waals surface area contributed by atoms with Gasteiger partial charge in [0.15, 0.2) is 10.8 Å². The summed E-state index contributed by atoms with van der Waals surface area (Å²) in [5.74, 6) is -0.607. The molecule has 0 atom stereocenters. The van der Waals surface area contributed by atoms with Crippen LogP contribution in [0.5, 0.6) is 5.75 Å². The zero-order valence-corrected chi connectivity index (χ0v) is 15.1. The molecule has 0 bridgehead atoms. The Morgan fingerprint density at radius 3 is 2.68 bits per heavy atom. The number of halogens is 3. The number of allylic oxidation sites excluding steroid dienone is 1. The number of aromatic nitrogens is 1. The first kappa shape index (κ1) is 19.1. The lowest BCUT2D eigenvalue weighted by molar-refractivity contribution is 0.0691. The van der Waals surface area contributed by atoms with Gasteiger partial charge < -0.3 is 9.84 Å². The van der Waals surface area contributed by atoms with Crippen LogP contribution in [-0.4, -0.2) is 29.4 Å². The minimum absolute atomic E-state index is 0.0254. The van der Waals surface area contributed by atoms with E-state index in [1.807, 2.05) is 24.3 Å². The number of rotatable bonds is 6. The number of hydrogen-bond donors (Lipinski definition) is 2. The smallest absolute Gasteiger partial charge is 0.356 e. The molecule has 1 aromatic carbocycles. The van der Waals surface area contributed by atoms with Crippen molar-refractivity contribution < 1.29 is 14.6 Å². The van der Waals surface area contributed by atoms with Gasteiger partial charge in [0.2, 0.25) is 0 Å². The summed E-state index contributed by atoms with van der Waals surface area (Å²) in [6.45, 7) is 0. The summed E-state index contributed by atoms with van der Waals surface area (Å²) < 4.78 is 5.23. The average Bonchev–Trinajstić information content (AvgIpc) is 2.60. The van der Waals surface area contributed by atoms with Crippen molar-refractivity contribution in [2.75, 3.05) is 12.5 Å². The Morgan fingerprint density at radius 2 is 2.00 bits per heavy atom. The molecule has 0 aliphatic rings. The SMILES string of the molecule is COc1ccccc1C=CC=NNc1c(Cl)c(Cl)nc(C(=O)O)c1Cl. The molecule has 0 aliphatic heterocycles. The number of para-hydroxylation sites is 1. The third-order valence-electron chi connectivity index (χ3n) is 2.99. The second kappa shape index (κ2) is 8.71. The maximum absolute atomic E-state index is 11.1. The number of methoxy groups -OCH3 is 1. The number of hydrazone groups is 1. The fraction of sp³-hybridized carbons (Fsp3) is 0.0625. The summed E-state index contributed by atoms with van der Waals surface area (Å²) in [6, 6.07) is 7.46. The molecule has 2 aromatic rings. The Kier molecular flexibility index (Phi) is 6.64. The summed E-state index contributed by atoms with van der Waals surface area (Å²) >= 11 is 17.8. The number of aromatic carboxylic acids is 1. The first-order valence-corrected chi connectivity index (χ1v) is 7.95. The second-order valence-corrected chi connectivity index (χ2v) is 5.66. The van der Waals surface area contributed by atoms with E-state index in [0.29, 0.717) is 0 Å². The second-order valence-electron chi connectivity index (χ2n) is 4.55. The summed E-state index contributed by atoms with van der Waals surface area (Å²) in [6.07, 6.45) is 4.89. The largest absolute Gasteiger partial charge is 0.496 e. The number of carboxylic acid groups (broad SMARTS) is 1. The molecule has 0 radical (unpaired) electrons. The highest BCUT2D eigenvalue weighted by Crippen LogP contribution is 2.36. The number of carboxylic acids is 1. The van der Waals surface area contributed by atoms with Gasteiger partial charge >= 0.3 is 5.97 Å². The van der Waals surface area contributed by atoms with Crippen molar-refractivity contribution in [3.8, 4) is 5.75 Å². The van der Waals surface area contributed by atoms with E-state index in [4.69, 9.17) is 44.6 Å². The number of nitrogens with one attached hydrogen (secondary N) is 1. The van der Waals surface area contributed by atoms with Crippen LogP contribution in [0.3, 0.4) is 0 Å². The Morgan fingerprint density at radius 1 is 1.28 bits per heavy atom. The molecular formula is C16H12Cl3N3O3. The van der Waals surface area contributed by atoms with Crippen LogP contribution in [0.2, 0.25) is 15.2 Å². The standard InChI is InChI=1S/C16H12Cl3N3O3/c1-25-10-7-3-2-5-9(10)6-4-8-20-22-13-11(17)14(16(23)24)21-15(19)12(13)18/h2-8H,1H3,(H,21,22)(H,23,24). The molecule has 0 spiro atoms. The number of anilines is 1. The van der Waals surface area contributed by atoms with Crippen LogP contribution in [0.25, 0.3) is 6.08 Å². The Bertz CT molecular complexity index is 854. The van der Waals surface area contributed by atoms with E-state index >= 15 is 0 Å². The van der Waals surface area contributed by atoms with Crippen LogP contribution < -0.4 is 10.2 Å². The van der Waals surface area contributed by atoms with E-state index in [2.05, 4.69) is 15.5 Å². The van der Waals surface area contributed by atoms with Gasteiger partial charge in [-0.15, -0.1) is 0 Å². The van der Waals surface area contributed by atoms with Crippen LogP contribution in [0.1, 0.15) is 16.1 Å². The van der Waals surface area contributed by atoms with Crippen molar-refractivity contribution in [2.45, 2.75) is 0 Å². The highest BCUT2D eigenvalue weighted by molar-refractivity contribution is 6.46. The fourth-order valence-electron chi connectivity index (χ4n) is 1.85. The maximum Gasteiger partial charge on any atom is 0.356 e. The van der Waals surface area contributed by atoms with Gasteiger partial charge in [0.25, 0.3) is 0 Å². The van der Waals surface area contributed by atoms with Gasteiger partial charge in [-0.05, 0) is 18.2 Å². The van der Waals surface area contributed by atoms with E-state index in [1.165, 1.54) is 6.21 Å². The molecule has 6 nitrogen and oxygen atoms in total. The van der Waals surface area contributed by atoms with E-state index in [1.54, 1.807) is 19.3 Å². The molecule has 0 saturated carbocycles. The van der Waals surface area contributed by atoms with E-state index in [9.17, 15) is 4.79 Å². The van der Waals surface area contributed by atoms with Crippen molar-refractivity contribution in [1.29, 1.82) is 0 Å². The summed E-state index contributed by atoms with van der Waals surface area (Å²) in [5, 5.41) is 12.6. The lowest BCUT2D eigenvalue weighted by Gasteiger charge is -2.09. The minimum Gasteiger partial charge on any atom is -0.496 e. The van der Waals surface area contributed by atoms with Gasteiger partial charge in [-0.3, -0.25) is 5.43 Å². The summed E-state index contributed by atoms with van der Waals surface area (Å²) in [7, 11) is 1.58. The van der Waals surface area contributed by atoms with Crippen LogP contribution in [0.4, 0.5) is 5.69 Å². The Hall–Kier alpha value is -2.28. The highest BCUT2D eigenvalue weighted by atomic mass is 35.5. The molecule has 0 fully saturated rings. The fourth-order valence-corrected chi connectivity index (χ4v) is 2.52. The predicted octanol–water partition coefficient (Wildman–Crippen LogP) is 4.86. The number of nitrogens with zero attached hydrogens (tertiary/aromatic N) is 2. The number of ether oxygens (including phenoxy) is 1. The van der Waals surface area contributed by atoms with Gasteiger partial charge in [-0.25, -0.2) is 9.78 Å². The van der Waals surface area contributed by atoms with Crippen molar-refractivity contribution in [3.63, 3.8) is 0 Å². The molecule has 1 aromatic heterocycles. The number of benzene rings is 1. The predicted molar refractivity (Wildman–Crippen MR) is 100 cm³/mol. The van der Waals surface area contributed by atoms with Crippen molar-refractivity contribution in [3.05, 3.63) is 56.8 Å². The number of pyridine rings is 1. The molecule has 0 amide bonds. The first-order valence-electron chi connectivity index (χ1n) is 6.82. The quantitative estimate of drug-likeness (QED) is 0.411. The van der Waals surface area contributed by atoms with Crippen LogP contribution in [0.15, 0.2) is 35.4 Å². The van der Waals surface area contributed by atoms with E-state index in [0.717, 1.165) is 11.3 Å². The molecule has 130 valence electrons. The van der Waals surface area contributed by atoms with E-state index in [-0.39, 0.29) is 20.9 Å². The lowest BCUT2D eigenvalue weighted by atomic mass is 10.2. The maximum atomic E-state index is 11.1. The molecule has 1 heterocycles. The van der Waals surface area contributed by atoms with E-state index < -0.39 is 11.7 Å². The highest BCUT2D eigenvalue weighted by Gasteiger charge is 2.20. The molecule has 25 heavy (non-hydrogen) atoms. The Balaban J connectivity index is 2.17. The zero-order valence-electron chi connectivity index (χ0n) is 12.8. The number of hydrogen-bond acceptors (Lipinski definition) is 5. The van der Waals surface area contributed by atoms with Crippen LogP contribution >= 0.6 is 34.8 Å². The third-order valence-corrected chi connectivity index (χ3v) is 4.10. The van der Waals surface area contributed by atoms with Gasteiger partial charge in [-0.2, -0.15) is 5.10 Å². The normalized spacial score (nSPS) is 11.2. The first-order chi connectivity index (χ1) is 12.0. The minimum atomic E-state index is -1.33.